The van der Waals surface area contributed by atoms with Crippen molar-refractivity contribution >= 4 is 28.9 Å². The number of fused-ring (bicyclic) bond motifs is 1. The Morgan fingerprint density at radius 2 is 2.11 bits per heavy atom. The van der Waals surface area contributed by atoms with Gasteiger partial charge in [-0.1, -0.05) is 26.0 Å². The Hall–Kier alpha value is -2.81. The Morgan fingerprint density at radius 3 is 2.73 bits per heavy atom. The molecule has 8 heteroatoms. The smallest absolute Gasteiger partial charge is 0.325 e. The van der Waals surface area contributed by atoms with E-state index in [9.17, 15) is 14.7 Å². The molecule has 1 aliphatic rings. The fraction of sp³-hybridized carbons (Fsp3) is 0.552. The number of hydrogen-bond donors (Lipinski definition) is 2. The van der Waals surface area contributed by atoms with Gasteiger partial charge in [-0.05, 0) is 75.3 Å². The van der Waals surface area contributed by atoms with Crippen molar-refractivity contribution in [1.29, 1.82) is 0 Å². The van der Waals surface area contributed by atoms with Crippen molar-refractivity contribution in [3.63, 3.8) is 0 Å². The Balaban J connectivity index is 1.89. The summed E-state index contributed by atoms with van der Waals surface area (Å²) < 4.78 is 13.5. The zero-order valence-corrected chi connectivity index (χ0v) is 22.7. The van der Waals surface area contributed by atoms with Crippen LogP contribution in [-0.4, -0.2) is 58.4 Å². The van der Waals surface area contributed by atoms with E-state index in [2.05, 4.69) is 9.88 Å². The number of rotatable bonds is 12. The first-order valence-electron chi connectivity index (χ1n) is 13.2. The first-order chi connectivity index (χ1) is 17.7. The maximum Gasteiger partial charge on any atom is 0.325 e. The number of ether oxygens (including phenoxy) is 2. The fourth-order valence-corrected chi connectivity index (χ4v) is 4.42. The quantitative estimate of drug-likeness (QED) is 0.191. The molecule has 0 amide bonds. The van der Waals surface area contributed by atoms with Crippen molar-refractivity contribution in [2.45, 2.75) is 85.2 Å². The zero-order chi connectivity index (χ0) is 26.9. The minimum absolute atomic E-state index is 0.115. The number of hydrogen-bond acceptors (Lipinski definition) is 7. The number of carbonyl (C=O) groups is 2. The minimum atomic E-state index is -0.894. The second-order valence-electron chi connectivity index (χ2n) is 10.2. The van der Waals surface area contributed by atoms with Crippen LogP contribution >= 0.6 is 0 Å². The highest BCUT2D eigenvalue weighted by Crippen LogP contribution is 2.27. The SMILES string of the molecule is C/C=C(\C=C(\C)C=O)c1nc2cc(CNC(C(=O)OCC(C)C)C(C)O)ccc2n1CC1CCCCO1. The number of carbonyl (C=O) groups excluding carboxylic acids is 2. The van der Waals surface area contributed by atoms with Crippen molar-refractivity contribution < 1.29 is 24.2 Å². The number of aldehydes is 1. The molecule has 0 saturated carbocycles. The van der Waals surface area contributed by atoms with Crippen LogP contribution in [-0.2, 0) is 32.2 Å². The minimum Gasteiger partial charge on any atom is -0.464 e. The molecular formula is C29H41N3O5. The van der Waals surface area contributed by atoms with Crippen LogP contribution in [0.5, 0.6) is 0 Å². The fourth-order valence-electron chi connectivity index (χ4n) is 4.42. The predicted octanol–water partition coefficient (Wildman–Crippen LogP) is 4.19. The van der Waals surface area contributed by atoms with Crippen LogP contribution in [0.25, 0.3) is 16.6 Å². The van der Waals surface area contributed by atoms with Crippen LogP contribution < -0.4 is 5.32 Å². The van der Waals surface area contributed by atoms with Gasteiger partial charge in [0.05, 0.1) is 36.4 Å². The first kappa shape index (κ1) is 28.8. The van der Waals surface area contributed by atoms with Crippen LogP contribution in [0, 0.1) is 5.92 Å². The number of imidazole rings is 1. The van der Waals surface area contributed by atoms with E-state index in [-0.39, 0.29) is 12.0 Å². The second kappa shape index (κ2) is 13.7. The lowest BCUT2D eigenvalue weighted by Crippen LogP contribution is -2.45. The summed E-state index contributed by atoms with van der Waals surface area (Å²) in [7, 11) is 0. The maximum atomic E-state index is 12.5. The van der Waals surface area contributed by atoms with E-state index < -0.39 is 18.1 Å². The summed E-state index contributed by atoms with van der Waals surface area (Å²) in [6.45, 7) is 11.4. The van der Waals surface area contributed by atoms with E-state index in [0.717, 1.165) is 60.1 Å². The van der Waals surface area contributed by atoms with E-state index in [1.165, 1.54) is 0 Å². The number of aliphatic hydroxyl groups excluding tert-OH is 1. The zero-order valence-electron chi connectivity index (χ0n) is 22.7. The van der Waals surface area contributed by atoms with Crippen molar-refractivity contribution in [3.05, 3.63) is 47.3 Å². The number of allylic oxidation sites excluding steroid dienone is 4. The Bertz CT molecular complexity index is 1130. The number of aliphatic hydroxyl groups is 1. The molecule has 8 nitrogen and oxygen atoms in total. The Morgan fingerprint density at radius 1 is 1.32 bits per heavy atom. The number of aromatic nitrogens is 2. The van der Waals surface area contributed by atoms with Crippen LogP contribution in [0.15, 0.2) is 35.9 Å². The molecule has 1 aromatic heterocycles. The summed E-state index contributed by atoms with van der Waals surface area (Å²) in [5.41, 5.74) is 4.23. The molecule has 202 valence electrons. The molecule has 0 bridgehead atoms. The molecule has 1 saturated heterocycles. The van der Waals surface area contributed by atoms with Gasteiger partial charge in [0.25, 0.3) is 0 Å². The first-order valence-corrected chi connectivity index (χ1v) is 13.2. The molecule has 0 radical (unpaired) electrons. The second-order valence-corrected chi connectivity index (χ2v) is 10.2. The lowest BCUT2D eigenvalue weighted by molar-refractivity contribution is -0.150. The molecular weight excluding hydrogens is 470 g/mol. The van der Waals surface area contributed by atoms with Crippen molar-refractivity contribution in [2.24, 2.45) is 5.92 Å². The van der Waals surface area contributed by atoms with Gasteiger partial charge in [-0.3, -0.25) is 14.9 Å². The van der Waals surface area contributed by atoms with Crippen molar-refractivity contribution in [3.8, 4) is 0 Å². The van der Waals surface area contributed by atoms with Gasteiger partial charge in [-0.15, -0.1) is 0 Å². The average molecular weight is 512 g/mol. The topological polar surface area (TPSA) is 103 Å². The summed E-state index contributed by atoms with van der Waals surface area (Å²) >= 11 is 0. The molecule has 2 N–H and O–H groups in total. The van der Waals surface area contributed by atoms with Gasteiger partial charge in [0.1, 0.15) is 18.2 Å². The molecule has 3 unspecified atom stereocenters. The summed E-state index contributed by atoms with van der Waals surface area (Å²) in [6.07, 6.45) is 7.12. The Kier molecular flexibility index (Phi) is 10.6. The maximum absolute atomic E-state index is 12.5. The molecule has 0 spiro atoms. The van der Waals surface area contributed by atoms with Gasteiger partial charge in [-0.25, -0.2) is 4.98 Å². The van der Waals surface area contributed by atoms with Gasteiger partial charge in [0.2, 0.25) is 0 Å². The number of esters is 1. The van der Waals surface area contributed by atoms with Gasteiger partial charge in [0, 0.05) is 18.7 Å². The third-order valence-electron chi connectivity index (χ3n) is 6.43. The largest absolute Gasteiger partial charge is 0.464 e. The summed E-state index contributed by atoms with van der Waals surface area (Å²) in [6, 6.07) is 5.20. The van der Waals surface area contributed by atoms with E-state index in [1.807, 2.05) is 51.1 Å². The molecule has 1 aromatic carbocycles. The Labute approximate surface area is 219 Å². The van der Waals surface area contributed by atoms with Crippen LogP contribution in [0.3, 0.4) is 0 Å². The highest BCUT2D eigenvalue weighted by molar-refractivity contribution is 5.86. The number of nitrogens with zero attached hydrogens (tertiary/aromatic N) is 2. The van der Waals surface area contributed by atoms with Crippen LogP contribution in [0.4, 0.5) is 0 Å². The molecule has 1 fully saturated rings. The van der Waals surface area contributed by atoms with Gasteiger partial charge in [0.15, 0.2) is 0 Å². The molecule has 2 heterocycles. The van der Waals surface area contributed by atoms with Crippen LogP contribution in [0.2, 0.25) is 0 Å². The lowest BCUT2D eigenvalue weighted by atomic mass is 10.1. The highest BCUT2D eigenvalue weighted by Gasteiger charge is 2.25. The molecule has 3 rings (SSSR count). The summed E-state index contributed by atoms with van der Waals surface area (Å²) in [4.78, 5) is 28.7. The molecule has 37 heavy (non-hydrogen) atoms. The summed E-state index contributed by atoms with van der Waals surface area (Å²) in [5.74, 6) is 0.549. The molecule has 2 aromatic rings. The van der Waals surface area contributed by atoms with Gasteiger partial charge in [-0.2, -0.15) is 0 Å². The lowest BCUT2D eigenvalue weighted by Gasteiger charge is -2.24. The van der Waals surface area contributed by atoms with Crippen LogP contribution in [0.1, 0.15) is 65.3 Å². The average Bonchev–Trinajstić information content (AvgIpc) is 3.23. The van der Waals surface area contributed by atoms with E-state index in [1.54, 1.807) is 13.8 Å². The van der Waals surface area contributed by atoms with E-state index in [0.29, 0.717) is 25.3 Å². The standard InChI is InChI=1S/C29H41N3O5/c1-6-23(13-20(4)17-33)28-31-25-14-22(15-30-27(21(5)34)29(35)37-18-19(2)3)10-11-26(25)32(28)16-24-9-7-8-12-36-24/h6,10-11,13-14,17,19,21,24,27,30,34H,7-9,12,15-16,18H2,1-5H3/b20-13-,23-6+. The monoisotopic (exact) mass is 511 g/mol. The molecule has 3 atom stereocenters. The van der Waals surface area contributed by atoms with E-state index >= 15 is 0 Å². The third-order valence-corrected chi connectivity index (χ3v) is 6.43. The summed E-state index contributed by atoms with van der Waals surface area (Å²) in [5, 5.41) is 13.3. The molecule has 0 aliphatic carbocycles. The highest BCUT2D eigenvalue weighted by atomic mass is 16.5. The van der Waals surface area contributed by atoms with E-state index in [4.69, 9.17) is 14.5 Å². The van der Waals surface area contributed by atoms with Crippen molar-refractivity contribution in [1.82, 2.24) is 14.9 Å². The van der Waals surface area contributed by atoms with Crippen molar-refractivity contribution in [2.75, 3.05) is 13.2 Å². The third kappa shape index (κ3) is 7.84. The number of nitrogens with one attached hydrogen (secondary N) is 1. The molecule has 1 aliphatic heterocycles. The predicted molar refractivity (Wildman–Crippen MR) is 145 cm³/mol. The normalized spacial score (nSPS) is 18.7. The van der Waals surface area contributed by atoms with Gasteiger partial charge >= 0.3 is 5.97 Å². The van der Waals surface area contributed by atoms with Gasteiger partial charge < -0.3 is 19.1 Å². The number of benzene rings is 1.